The first-order valence-corrected chi connectivity index (χ1v) is 5.83. The maximum absolute atomic E-state index is 11.9. The summed E-state index contributed by atoms with van der Waals surface area (Å²) in [5.41, 5.74) is 8.01. The van der Waals surface area contributed by atoms with Crippen LogP contribution in [0.25, 0.3) is 0 Å². The minimum Gasteiger partial charge on any atom is -0.374 e. The number of aryl methyl sites for hydroxylation is 1. The quantitative estimate of drug-likeness (QED) is 0.799. The molecule has 1 aromatic rings. The first-order valence-electron chi connectivity index (χ1n) is 5.83. The number of nitrogens with two attached hydrogens (primary N) is 1. The summed E-state index contributed by atoms with van der Waals surface area (Å²) in [6, 6.07) is 7.56. The Bertz CT molecular complexity index is 314. The van der Waals surface area contributed by atoms with Crippen molar-refractivity contribution >= 4 is 0 Å². The van der Waals surface area contributed by atoms with Crippen LogP contribution in [0.2, 0.25) is 0 Å². The van der Waals surface area contributed by atoms with Gasteiger partial charge in [-0.1, -0.05) is 37.6 Å². The molecule has 0 aliphatic rings. The highest BCUT2D eigenvalue weighted by Crippen LogP contribution is 2.13. The van der Waals surface area contributed by atoms with Crippen molar-refractivity contribution in [2.75, 3.05) is 13.2 Å². The molecule has 1 atom stereocenters. The Morgan fingerprint density at radius 3 is 2.35 bits per heavy atom. The molecular weight excluding hydrogens is 224 g/mol. The lowest BCUT2D eigenvalue weighted by molar-refractivity contribution is 0.0125. The van der Waals surface area contributed by atoms with Crippen LogP contribution < -0.4 is 5.73 Å². The second-order valence-corrected chi connectivity index (χ2v) is 4.03. The minimum absolute atomic E-state index is 0.122. The monoisotopic (exact) mass is 243 g/mol. The first-order chi connectivity index (χ1) is 8.13. The molecule has 1 aromatic carbocycles. The van der Waals surface area contributed by atoms with E-state index >= 15 is 0 Å². The predicted molar refractivity (Wildman–Crippen MR) is 64.2 cm³/mol. The van der Waals surface area contributed by atoms with Crippen molar-refractivity contribution in [2.24, 2.45) is 5.73 Å². The lowest BCUT2D eigenvalue weighted by atomic mass is 10.0. The second kappa shape index (κ2) is 7.35. The molecule has 0 aliphatic carbocycles. The van der Waals surface area contributed by atoms with Gasteiger partial charge in [-0.05, 0) is 17.5 Å². The second-order valence-electron chi connectivity index (χ2n) is 4.03. The van der Waals surface area contributed by atoms with Gasteiger partial charge in [0.25, 0.3) is 6.43 Å². The number of rotatable bonds is 7. The highest BCUT2D eigenvalue weighted by Gasteiger charge is 2.08. The fraction of sp³-hybridized carbons (Fsp3) is 0.538. The molecule has 2 N–H and O–H groups in total. The molecule has 0 spiro atoms. The Morgan fingerprint density at radius 2 is 1.82 bits per heavy atom. The number of halogens is 2. The molecule has 96 valence electrons. The van der Waals surface area contributed by atoms with Crippen molar-refractivity contribution in [3.05, 3.63) is 35.4 Å². The molecule has 1 rings (SSSR count). The van der Waals surface area contributed by atoms with Crippen molar-refractivity contribution in [1.29, 1.82) is 0 Å². The SMILES string of the molecule is CCCc1ccc(C(N)COCC(F)F)cc1. The fourth-order valence-corrected chi connectivity index (χ4v) is 1.60. The summed E-state index contributed by atoms with van der Waals surface area (Å²) in [4.78, 5) is 0. The van der Waals surface area contributed by atoms with Crippen LogP contribution in [0.4, 0.5) is 8.78 Å². The van der Waals surface area contributed by atoms with Crippen LogP contribution >= 0.6 is 0 Å². The molecule has 0 aromatic heterocycles. The lowest BCUT2D eigenvalue weighted by Gasteiger charge is -2.13. The molecule has 4 heteroatoms. The van der Waals surface area contributed by atoms with Crippen LogP contribution in [0.5, 0.6) is 0 Å². The highest BCUT2D eigenvalue weighted by atomic mass is 19.3. The maximum atomic E-state index is 11.9. The molecule has 0 heterocycles. The maximum Gasteiger partial charge on any atom is 0.261 e. The number of hydrogen-bond donors (Lipinski definition) is 1. The summed E-state index contributed by atoms with van der Waals surface area (Å²) in [6.45, 7) is 1.69. The van der Waals surface area contributed by atoms with Crippen molar-refractivity contribution in [2.45, 2.75) is 32.2 Å². The van der Waals surface area contributed by atoms with Crippen molar-refractivity contribution < 1.29 is 13.5 Å². The van der Waals surface area contributed by atoms with Gasteiger partial charge in [-0.3, -0.25) is 0 Å². The van der Waals surface area contributed by atoms with Gasteiger partial charge in [-0.25, -0.2) is 8.78 Å². The van der Waals surface area contributed by atoms with Gasteiger partial charge in [-0.2, -0.15) is 0 Å². The van der Waals surface area contributed by atoms with Gasteiger partial charge >= 0.3 is 0 Å². The number of alkyl halides is 2. The molecule has 0 saturated heterocycles. The van der Waals surface area contributed by atoms with E-state index in [9.17, 15) is 8.78 Å². The third-order valence-corrected chi connectivity index (χ3v) is 2.49. The van der Waals surface area contributed by atoms with E-state index in [2.05, 4.69) is 6.92 Å². The van der Waals surface area contributed by atoms with E-state index in [1.54, 1.807) is 0 Å². The molecule has 0 aliphatic heterocycles. The van der Waals surface area contributed by atoms with Gasteiger partial charge in [0.05, 0.1) is 12.6 Å². The van der Waals surface area contributed by atoms with E-state index in [1.807, 2.05) is 24.3 Å². The van der Waals surface area contributed by atoms with Gasteiger partial charge in [0, 0.05) is 0 Å². The van der Waals surface area contributed by atoms with E-state index in [4.69, 9.17) is 10.5 Å². The summed E-state index contributed by atoms with van der Waals surface area (Å²) < 4.78 is 28.5. The number of hydrogen-bond acceptors (Lipinski definition) is 2. The van der Waals surface area contributed by atoms with E-state index in [0.717, 1.165) is 18.4 Å². The molecule has 2 nitrogen and oxygen atoms in total. The molecule has 0 amide bonds. The molecular formula is C13H19F2NO. The Kier molecular flexibility index (Phi) is 6.08. The smallest absolute Gasteiger partial charge is 0.261 e. The average Bonchev–Trinajstić information content (AvgIpc) is 2.30. The lowest BCUT2D eigenvalue weighted by Crippen LogP contribution is -2.19. The van der Waals surface area contributed by atoms with Gasteiger partial charge in [0.15, 0.2) is 0 Å². The summed E-state index contributed by atoms with van der Waals surface area (Å²) in [6.07, 6.45) is -0.297. The summed E-state index contributed by atoms with van der Waals surface area (Å²) >= 11 is 0. The zero-order chi connectivity index (χ0) is 12.7. The van der Waals surface area contributed by atoms with Gasteiger partial charge < -0.3 is 10.5 Å². The Hall–Kier alpha value is -1.00. The zero-order valence-electron chi connectivity index (χ0n) is 10.0. The largest absolute Gasteiger partial charge is 0.374 e. The summed E-state index contributed by atoms with van der Waals surface area (Å²) in [5, 5.41) is 0. The number of benzene rings is 1. The Balaban J connectivity index is 2.43. The van der Waals surface area contributed by atoms with Crippen LogP contribution in [0.3, 0.4) is 0 Å². The van der Waals surface area contributed by atoms with Gasteiger partial charge in [0.2, 0.25) is 0 Å². The highest BCUT2D eigenvalue weighted by molar-refractivity contribution is 5.24. The van der Waals surface area contributed by atoms with Crippen LogP contribution in [-0.4, -0.2) is 19.6 Å². The Morgan fingerprint density at radius 1 is 1.18 bits per heavy atom. The van der Waals surface area contributed by atoms with Crippen LogP contribution in [0, 0.1) is 0 Å². The fourth-order valence-electron chi connectivity index (χ4n) is 1.60. The molecule has 0 fully saturated rings. The van der Waals surface area contributed by atoms with Crippen molar-refractivity contribution in [1.82, 2.24) is 0 Å². The molecule has 0 bridgehead atoms. The van der Waals surface area contributed by atoms with Crippen LogP contribution in [0.1, 0.15) is 30.5 Å². The Labute approximate surface area is 101 Å². The average molecular weight is 243 g/mol. The minimum atomic E-state index is -2.44. The van der Waals surface area contributed by atoms with Crippen molar-refractivity contribution in [3.8, 4) is 0 Å². The van der Waals surface area contributed by atoms with Gasteiger partial charge in [0.1, 0.15) is 6.61 Å². The predicted octanol–water partition coefficient (Wildman–Crippen LogP) is 2.92. The topological polar surface area (TPSA) is 35.2 Å². The van der Waals surface area contributed by atoms with Crippen LogP contribution in [0.15, 0.2) is 24.3 Å². The van der Waals surface area contributed by atoms with E-state index in [1.165, 1.54) is 5.56 Å². The third-order valence-electron chi connectivity index (χ3n) is 2.49. The standard InChI is InChI=1S/C13H19F2NO/c1-2-3-10-4-6-11(7-5-10)12(16)8-17-9-13(14)15/h4-7,12-13H,2-3,8-9,16H2,1H3. The normalized spacial score (nSPS) is 13.0. The van der Waals surface area contributed by atoms with E-state index in [0.29, 0.717) is 0 Å². The third kappa shape index (κ3) is 5.24. The number of ether oxygens (including phenoxy) is 1. The van der Waals surface area contributed by atoms with Gasteiger partial charge in [-0.15, -0.1) is 0 Å². The first kappa shape index (κ1) is 14.1. The molecule has 0 saturated carbocycles. The zero-order valence-corrected chi connectivity index (χ0v) is 10.0. The molecule has 17 heavy (non-hydrogen) atoms. The summed E-state index contributed by atoms with van der Waals surface area (Å²) in [5.74, 6) is 0. The van der Waals surface area contributed by atoms with Crippen LogP contribution in [-0.2, 0) is 11.2 Å². The van der Waals surface area contributed by atoms with E-state index < -0.39 is 13.0 Å². The van der Waals surface area contributed by atoms with E-state index in [-0.39, 0.29) is 12.6 Å². The van der Waals surface area contributed by atoms with Crippen molar-refractivity contribution in [3.63, 3.8) is 0 Å². The molecule has 1 unspecified atom stereocenters. The summed E-state index contributed by atoms with van der Waals surface area (Å²) in [7, 11) is 0. The molecule has 0 radical (unpaired) electrons.